The molecule has 21 heavy (non-hydrogen) atoms. The summed E-state index contributed by atoms with van der Waals surface area (Å²) in [5.41, 5.74) is 4.98. The number of hydrogen-bond donors (Lipinski definition) is 3. The highest BCUT2D eigenvalue weighted by atomic mass is 32.2. The molecule has 0 aromatic carbocycles. The zero-order valence-electron chi connectivity index (χ0n) is 11.5. The zero-order chi connectivity index (χ0) is 15.4. The third-order valence-corrected chi connectivity index (χ3v) is 4.84. The van der Waals surface area contributed by atoms with Crippen molar-refractivity contribution in [2.75, 3.05) is 0 Å². The van der Waals surface area contributed by atoms with Gasteiger partial charge in [0.25, 0.3) is 0 Å². The van der Waals surface area contributed by atoms with E-state index >= 15 is 0 Å². The lowest BCUT2D eigenvalue weighted by atomic mass is 10.1. The third-order valence-electron chi connectivity index (χ3n) is 2.56. The number of primary amides is 1. The summed E-state index contributed by atoms with van der Waals surface area (Å²) in [5.74, 6) is 0.216. The minimum Gasteiger partial charge on any atom is -0.351 e. The molecule has 0 saturated heterocycles. The van der Waals surface area contributed by atoms with Crippen LogP contribution in [0.2, 0.25) is 0 Å². The highest BCUT2D eigenvalue weighted by Crippen LogP contribution is 2.28. The molecule has 4 N–H and O–H groups in total. The van der Waals surface area contributed by atoms with Gasteiger partial charge in [0.2, 0.25) is 11.1 Å². The van der Waals surface area contributed by atoms with Crippen molar-refractivity contribution in [2.45, 2.75) is 24.3 Å². The number of carbonyl (C=O) groups is 2. The smallest absolute Gasteiger partial charge is 0.318 e. The summed E-state index contributed by atoms with van der Waals surface area (Å²) in [6.45, 7) is 3.76. The maximum Gasteiger partial charge on any atom is 0.318 e. The van der Waals surface area contributed by atoms with Gasteiger partial charge >= 0.3 is 6.03 Å². The molecule has 3 amide bonds. The van der Waals surface area contributed by atoms with E-state index in [0.717, 1.165) is 4.88 Å². The largest absolute Gasteiger partial charge is 0.351 e. The number of carbonyl (C=O) groups excluding carboxylic acids is 2. The lowest BCUT2D eigenvalue weighted by molar-refractivity contribution is -0.120. The van der Waals surface area contributed by atoms with Gasteiger partial charge in [0.05, 0.1) is 10.1 Å². The lowest BCUT2D eigenvalue weighted by Gasteiger charge is -2.16. The fourth-order valence-corrected chi connectivity index (χ4v) is 3.19. The number of aromatic amines is 1. The quantitative estimate of drug-likeness (QED) is 0.726. The van der Waals surface area contributed by atoms with Crippen molar-refractivity contribution in [3.8, 4) is 10.7 Å². The van der Waals surface area contributed by atoms with Crippen LogP contribution in [0.5, 0.6) is 0 Å². The Labute approximate surface area is 129 Å². The first-order chi connectivity index (χ1) is 9.97. The van der Waals surface area contributed by atoms with Crippen LogP contribution in [0.25, 0.3) is 10.7 Å². The first-order valence-electron chi connectivity index (χ1n) is 6.20. The molecule has 0 spiro atoms. The average molecular weight is 325 g/mol. The molecule has 2 aromatic heterocycles. The number of aromatic nitrogens is 3. The van der Waals surface area contributed by atoms with Crippen LogP contribution in [0, 0.1) is 5.92 Å². The fourth-order valence-electron chi connectivity index (χ4n) is 1.62. The second-order valence-corrected chi connectivity index (χ2v) is 6.64. The maximum atomic E-state index is 11.9. The highest BCUT2D eigenvalue weighted by molar-refractivity contribution is 8.00. The molecule has 1 atom stereocenters. The fraction of sp³-hybridized carbons (Fsp3) is 0.333. The van der Waals surface area contributed by atoms with E-state index in [1.807, 2.05) is 31.4 Å². The average Bonchev–Trinajstić information content (AvgIpc) is 3.05. The van der Waals surface area contributed by atoms with Crippen LogP contribution in [0.4, 0.5) is 4.79 Å². The number of thioether (sulfide) groups is 1. The van der Waals surface area contributed by atoms with E-state index in [1.165, 1.54) is 11.8 Å². The summed E-state index contributed by atoms with van der Waals surface area (Å²) in [7, 11) is 0. The lowest BCUT2D eigenvalue weighted by Crippen LogP contribution is -2.42. The van der Waals surface area contributed by atoms with E-state index in [9.17, 15) is 9.59 Å². The summed E-state index contributed by atoms with van der Waals surface area (Å²) in [6.07, 6.45) is 0. The van der Waals surface area contributed by atoms with Gasteiger partial charge in [-0.15, -0.1) is 16.4 Å². The van der Waals surface area contributed by atoms with E-state index in [0.29, 0.717) is 11.0 Å². The van der Waals surface area contributed by atoms with Crippen molar-refractivity contribution < 1.29 is 9.59 Å². The first kappa shape index (κ1) is 15.5. The number of amides is 3. The summed E-state index contributed by atoms with van der Waals surface area (Å²) in [4.78, 5) is 28.0. The molecule has 2 heterocycles. The highest BCUT2D eigenvalue weighted by Gasteiger charge is 2.26. The van der Waals surface area contributed by atoms with E-state index in [4.69, 9.17) is 5.73 Å². The van der Waals surface area contributed by atoms with Crippen molar-refractivity contribution in [3.05, 3.63) is 17.5 Å². The number of hydrogen-bond acceptors (Lipinski definition) is 6. The van der Waals surface area contributed by atoms with Crippen LogP contribution in [-0.4, -0.2) is 32.4 Å². The molecule has 0 aliphatic heterocycles. The van der Waals surface area contributed by atoms with Gasteiger partial charge in [-0.05, 0) is 17.4 Å². The normalized spacial score (nSPS) is 12.3. The van der Waals surface area contributed by atoms with Crippen LogP contribution in [0.15, 0.2) is 22.7 Å². The number of rotatable bonds is 5. The Morgan fingerprint density at radius 1 is 1.48 bits per heavy atom. The monoisotopic (exact) mass is 325 g/mol. The summed E-state index contributed by atoms with van der Waals surface area (Å²) in [5, 5.41) is 10.9. The Morgan fingerprint density at radius 3 is 2.81 bits per heavy atom. The van der Waals surface area contributed by atoms with Gasteiger partial charge in [-0.25, -0.2) is 9.78 Å². The first-order valence-corrected chi connectivity index (χ1v) is 7.96. The minimum atomic E-state index is -0.861. The molecule has 7 nitrogen and oxygen atoms in total. The number of H-pyrrole nitrogens is 1. The molecule has 0 saturated carbocycles. The Morgan fingerprint density at radius 2 is 2.24 bits per heavy atom. The molecule has 0 radical (unpaired) electrons. The van der Waals surface area contributed by atoms with E-state index < -0.39 is 17.2 Å². The maximum absolute atomic E-state index is 11.9. The van der Waals surface area contributed by atoms with Gasteiger partial charge in [0.15, 0.2) is 5.82 Å². The number of imide groups is 1. The van der Waals surface area contributed by atoms with E-state index in [-0.39, 0.29) is 5.92 Å². The molecular formula is C12H15N5O2S2. The van der Waals surface area contributed by atoms with E-state index in [1.54, 1.807) is 11.3 Å². The van der Waals surface area contributed by atoms with Crippen molar-refractivity contribution >= 4 is 35.0 Å². The molecule has 0 aliphatic carbocycles. The Kier molecular flexibility index (Phi) is 4.97. The Bertz CT molecular complexity index is 623. The molecule has 9 heteroatoms. The summed E-state index contributed by atoms with van der Waals surface area (Å²) < 4.78 is 0. The second kappa shape index (κ2) is 6.72. The van der Waals surface area contributed by atoms with Gasteiger partial charge in [-0.3, -0.25) is 15.2 Å². The molecule has 0 aliphatic rings. The molecule has 112 valence electrons. The summed E-state index contributed by atoms with van der Waals surface area (Å²) in [6, 6.07) is 2.99. The molecule has 0 bridgehead atoms. The van der Waals surface area contributed by atoms with Crippen LogP contribution >= 0.6 is 23.1 Å². The van der Waals surface area contributed by atoms with Crippen molar-refractivity contribution in [1.29, 1.82) is 0 Å². The predicted molar refractivity (Wildman–Crippen MR) is 81.9 cm³/mol. The number of thiophene rings is 1. The number of nitrogens with zero attached hydrogens (tertiary/aromatic N) is 2. The van der Waals surface area contributed by atoms with Crippen LogP contribution in [0.1, 0.15) is 13.8 Å². The molecule has 0 fully saturated rings. The number of urea groups is 1. The van der Waals surface area contributed by atoms with Crippen molar-refractivity contribution in [3.63, 3.8) is 0 Å². The number of nitrogens with two attached hydrogens (primary N) is 1. The zero-order valence-corrected chi connectivity index (χ0v) is 13.1. The Balaban J connectivity index is 2.10. The van der Waals surface area contributed by atoms with Gasteiger partial charge in [0.1, 0.15) is 0 Å². The van der Waals surface area contributed by atoms with Gasteiger partial charge in [-0.2, -0.15) is 0 Å². The van der Waals surface area contributed by atoms with Crippen LogP contribution < -0.4 is 11.1 Å². The molecular weight excluding hydrogens is 310 g/mol. The molecule has 2 rings (SSSR count). The van der Waals surface area contributed by atoms with Crippen molar-refractivity contribution in [2.24, 2.45) is 11.7 Å². The van der Waals surface area contributed by atoms with Crippen molar-refractivity contribution in [1.82, 2.24) is 20.5 Å². The SMILES string of the molecule is CC(C)C(Sc1n[nH]c(-c2cccs2)n1)C(=O)NC(N)=O. The standard InChI is InChI=1S/C12H15N5O2S2/c1-6(2)8(10(18)15-11(13)19)21-12-14-9(16-17-12)7-4-3-5-20-7/h3-6,8H,1-2H3,(H,14,16,17)(H3,13,15,18,19). The number of nitrogens with one attached hydrogen (secondary N) is 2. The van der Waals surface area contributed by atoms with Gasteiger partial charge in [0, 0.05) is 0 Å². The van der Waals surface area contributed by atoms with Gasteiger partial charge < -0.3 is 5.73 Å². The van der Waals surface area contributed by atoms with Gasteiger partial charge in [-0.1, -0.05) is 31.7 Å². The van der Waals surface area contributed by atoms with E-state index in [2.05, 4.69) is 20.5 Å². The third kappa shape index (κ3) is 4.05. The minimum absolute atomic E-state index is 0.00182. The summed E-state index contributed by atoms with van der Waals surface area (Å²) >= 11 is 2.74. The van der Waals surface area contributed by atoms with Crippen LogP contribution in [-0.2, 0) is 4.79 Å². The molecule has 2 aromatic rings. The predicted octanol–water partition coefficient (Wildman–Crippen LogP) is 1.84. The second-order valence-electron chi connectivity index (χ2n) is 4.58. The topological polar surface area (TPSA) is 114 Å². The van der Waals surface area contributed by atoms with Crippen LogP contribution in [0.3, 0.4) is 0 Å². The Hall–Kier alpha value is -1.87. The molecule has 1 unspecified atom stereocenters.